The summed E-state index contributed by atoms with van der Waals surface area (Å²) in [6.07, 6.45) is 4.19. The molecule has 1 aliphatic heterocycles. The van der Waals surface area contributed by atoms with Gasteiger partial charge in [-0.25, -0.2) is 8.42 Å². The minimum absolute atomic E-state index is 0.136. The van der Waals surface area contributed by atoms with Crippen LogP contribution in [0.2, 0.25) is 0 Å². The molecule has 0 bridgehead atoms. The van der Waals surface area contributed by atoms with Gasteiger partial charge in [0.2, 0.25) is 0 Å². The molecule has 1 aliphatic rings. The van der Waals surface area contributed by atoms with Crippen LogP contribution in [-0.2, 0) is 9.05 Å². The molecular formula is C14H18ClNO4S. The molecule has 0 spiro atoms. The van der Waals surface area contributed by atoms with E-state index < -0.39 is 9.05 Å². The fourth-order valence-corrected chi connectivity index (χ4v) is 3.48. The summed E-state index contributed by atoms with van der Waals surface area (Å²) in [5.74, 6) is -0.0291. The van der Waals surface area contributed by atoms with Crippen LogP contribution in [0.3, 0.4) is 0 Å². The van der Waals surface area contributed by atoms with Gasteiger partial charge in [0.05, 0.1) is 7.11 Å². The summed E-state index contributed by atoms with van der Waals surface area (Å²) in [6.45, 7) is 1.40. The van der Waals surface area contributed by atoms with Gasteiger partial charge in [0.25, 0.3) is 15.0 Å². The Morgan fingerprint density at radius 1 is 1.19 bits per heavy atom. The topological polar surface area (TPSA) is 63.7 Å². The van der Waals surface area contributed by atoms with Crippen LogP contribution < -0.4 is 4.74 Å². The van der Waals surface area contributed by atoms with Crippen LogP contribution in [0.15, 0.2) is 23.1 Å². The molecule has 1 heterocycles. The molecule has 0 aromatic heterocycles. The van der Waals surface area contributed by atoms with E-state index in [-0.39, 0.29) is 16.6 Å². The molecule has 116 valence electrons. The van der Waals surface area contributed by atoms with E-state index in [9.17, 15) is 13.2 Å². The maximum absolute atomic E-state index is 12.5. The van der Waals surface area contributed by atoms with Gasteiger partial charge in [0, 0.05) is 29.3 Å². The van der Waals surface area contributed by atoms with Crippen molar-refractivity contribution in [1.82, 2.24) is 4.90 Å². The number of rotatable bonds is 3. The largest absolute Gasteiger partial charge is 0.495 e. The summed E-state index contributed by atoms with van der Waals surface area (Å²) in [7, 11) is 2.79. The van der Waals surface area contributed by atoms with Crippen molar-refractivity contribution in [2.75, 3.05) is 20.2 Å². The molecule has 0 radical (unpaired) electrons. The molecule has 1 saturated heterocycles. The molecule has 1 amide bonds. The summed E-state index contributed by atoms with van der Waals surface area (Å²) in [5.41, 5.74) is 0.317. The number of hydrogen-bond acceptors (Lipinski definition) is 4. The van der Waals surface area contributed by atoms with Crippen LogP contribution in [-0.4, -0.2) is 39.4 Å². The van der Waals surface area contributed by atoms with Gasteiger partial charge in [-0.05, 0) is 31.0 Å². The predicted molar refractivity (Wildman–Crippen MR) is 80.4 cm³/mol. The Balaban J connectivity index is 2.33. The van der Waals surface area contributed by atoms with E-state index >= 15 is 0 Å². The number of likely N-dealkylation sites (tertiary alicyclic amines) is 1. The van der Waals surface area contributed by atoms with E-state index in [4.69, 9.17) is 15.4 Å². The highest BCUT2D eigenvalue weighted by atomic mass is 35.7. The third-order valence-electron chi connectivity index (χ3n) is 3.57. The summed E-state index contributed by atoms with van der Waals surface area (Å²) in [5, 5.41) is 0. The first-order valence-electron chi connectivity index (χ1n) is 6.85. The number of amides is 1. The standard InChI is InChI=1S/C14H18ClNO4S/c1-20-12-7-6-11(10-13(12)21(15,18)19)14(17)16-8-4-2-3-5-9-16/h6-7,10H,2-5,8-9H2,1H3. The molecule has 21 heavy (non-hydrogen) atoms. The monoisotopic (exact) mass is 331 g/mol. The van der Waals surface area contributed by atoms with Gasteiger partial charge < -0.3 is 9.64 Å². The van der Waals surface area contributed by atoms with Crippen molar-refractivity contribution >= 4 is 25.6 Å². The quantitative estimate of drug-likeness (QED) is 0.799. The second-order valence-electron chi connectivity index (χ2n) is 5.01. The van der Waals surface area contributed by atoms with Gasteiger partial charge in [-0.15, -0.1) is 0 Å². The number of nitrogens with zero attached hydrogens (tertiary/aromatic N) is 1. The lowest BCUT2D eigenvalue weighted by molar-refractivity contribution is 0.0761. The second kappa shape index (κ2) is 6.66. The Hall–Kier alpha value is -1.27. The fraction of sp³-hybridized carbons (Fsp3) is 0.500. The van der Waals surface area contributed by atoms with Crippen molar-refractivity contribution in [3.63, 3.8) is 0 Å². The van der Waals surface area contributed by atoms with E-state index in [0.29, 0.717) is 18.7 Å². The van der Waals surface area contributed by atoms with Gasteiger partial charge >= 0.3 is 0 Å². The van der Waals surface area contributed by atoms with Crippen molar-refractivity contribution in [2.45, 2.75) is 30.6 Å². The molecule has 0 unspecified atom stereocenters. The normalized spacial score (nSPS) is 16.4. The first kappa shape index (κ1) is 16.1. The first-order chi connectivity index (χ1) is 9.93. The molecule has 0 atom stereocenters. The molecule has 5 nitrogen and oxygen atoms in total. The molecule has 1 aromatic carbocycles. The zero-order valence-electron chi connectivity index (χ0n) is 11.8. The Labute approximate surface area is 129 Å². The SMILES string of the molecule is COc1ccc(C(=O)N2CCCCCC2)cc1S(=O)(=O)Cl. The molecule has 0 saturated carbocycles. The maximum atomic E-state index is 12.5. The van der Waals surface area contributed by atoms with Crippen LogP contribution >= 0.6 is 10.7 Å². The zero-order valence-corrected chi connectivity index (χ0v) is 13.4. The molecule has 7 heteroatoms. The van der Waals surface area contributed by atoms with Crippen LogP contribution in [0.25, 0.3) is 0 Å². The lowest BCUT2D eigenvalue weighted by Crippen LogP contribution is -2.31. The minimum atomic E-state index is -3.96. The number of ether oxygens (including phenoxy) is 1. The van der Waals surface area contributed by atoms with Crippen molar-refractivity contribution in [2.24, 2.45) is 0 Å². The summed E-state index contributed by atoms with van der Waals surface area (Å²) in [6, 6.07) is 4.31. The number of carbonyl (C=O) groups excluding carboxylic acids is 1. The van der Waals surface area contributed by atoms with Crippen LogP contribution in [0.1, 0.15) is 36.0 Å². The van der Waals surface area contributed by atoms with Crippen LogP contribution in [0.4, 0.5) is 0 Å². The van der Waals surface area contributed by atoms with Crippen molar-refractivity contribution < 1.29 is 17.9 Å². The minimum Gasteiger partial charge on any atom is -0.495 e. The Morgan fingerprint density at radius 3 is 2.33 bits per heavy atom. The van der Waals surface area contributed by atoms with Gasteiger partial charge in [0.15, 0.2) is 0 Å². The zero-order chi connectivity index (χ0) is 15.5. The predicted octanol–water partition coefficient (Wildman–Crippen LogP) is 2.64. The van der Waals surface area contributed by atoms with Crippen LogP contribution in [0, 0.1) is 0 Å². The first-order valence-corrected chi connectivity index (χ1v) is 9.16. The molecule has 0 N–H and O–H groups in total. The van der Waals surface area contributed by atoms with E-state index in [2.05, 4.69) is 0 Å². The Kier molecular flexibility index (Phi) is 5.11. The highest BCUT2D eigenvalue weighted by molar-refractivity contribution is 8.13. The number of halogens is 1. The third-order valence-corrected chi connectivity index (χ3v) is 4.91. The Bertz CT molecular complexity index is 622. The molecule has 0 aliphatic carbocycles. The van der Waals surface area contributed by atoms with Crippen molar-refractivity contribution in [1.29, 1.82) is 0 Å². The lowest BCUT2D eigenvalue weighted by Gasteiger charge is -2.20. The summed E-state index contributed by atoms with van der Waals surface area (Å²) < 4.78 is 28.1. The maximum Gasteiger partial charge on any atom is 0.265 e. The highest BCUT2D eigenvalue weighted by Gasteiger charge is 2.22. The van der Waals surface area contributed by atoms with Gasteiger partial charge in [-0.3, -0.25) is 4.79 Å². The number of benzene rings is 1. The summed E-state index contributed by atoms with van der Waals surface area (Å²) >= 11 is 0. The number of hydrogen-bond donors (Lipinski definition) is 0. The van der Waals surface area contributed by atoms with E-state index in [1.165, 1.54) is 19.2 Å². The smallest absolute Gasteiger partial charge is 0.265 e. The number of methoxy groups -OCH3 is 1. The molecule has 2 rings (SSSR count). The van der Waals surface area contributed by atoms with Gasteiger partial charge in [-0.2, -0.15) is 0 Å². The molecular weight excluding hydrogens is 314 g/mol. The van der Waals surface area contributed by atoms with Gasteiger partial charge in [0.1, 0.15) is 10.6 Å². The molecule has 1 aromatic rings. The summed E-state index contributed by atoms with van der Waals surface area (Å²) in [4.78, 5) is 14.1. The lowest BCUT2D eigenvalue weighted by atomic mass is 10.2. The number of carbonyl (C=O) groups is 1. The van der Waals surface area contributed by atoms with E-state index in [0.717, 1.165) is 25.7 Å². The Morgan fingerprint density at radius 2 is 1.81 bits per heavy atom. The second-order valence-corrected chi connectivity index (χ2v) is 7.54. The average Bonchev–Trinajstić information content (AvgIpc) is 2.74. The molecule has 1 fully saturated rings. The van der Waals surface area contributed by atoms with Crippen LogP contribution in [0.5, 0.6) is 5.75 Å². The highest BCUT2D eigenvalue weighted by Crippen LogP contribution is 2.28. The van der Waals surface area contributed by atoms with Crippen molar-refractivity contribution in [3.05, 3.63) is 23.8 Å². The van der Waals surface area contributed by atoms with E-state index in [1.807, 2.05) is 0 Å². The van der Waals surface area contributed by atoms with Gasteiger partial charge in [-0.1, -0.05) is 12.8 Å². The third kappa shape index (κ3) is 3.89. The van der Waals surface area contributed by atoms with E-state index in [1.54, 1.807) is 11.0 Å². The van der Waals surface area contributed by atoms with Crippen molar-refractivity contribution in [3.8, 4) is 5.75 Å². The average molecular weight is 332 g/mol. The fourth-order valence-electron chi connectivity index (χ4n) is 2.46.